The summed E-state index contributed by atoms with van der Waals surface area (Å²) in [6.07, 6.45) is 4.28. The number of hydrogen-bond donors (Lipinski definition) is 0. The van der Waals surface area contributed by atoms with E-state index in [4.69, 9.17) is 4.74 Å². The van der Waals surface area contributed by atoms with E-state index in [1.807, 2.05) is 29.2 Å². The van der Waals surface area contributed by atoms with Gasteiger partial charge in [0.15, 0.2) is 0 Å². The van der Waals surface area contributed by atoms with Crippen LogP contribution in [0.4, 0.5) is 0 Å². The number of aromatic nitrogens is 2. The van der Waals surface area contributed by atoms with E-state index in [0.717, 1.165) is 12.1 Å². The number of carbonyl (C=O) groups is 1. The number of amides is 1. The van der Waals surface area contributed by atoms with Crippen molar-refractivity contribution in [1.29, 1.82) is 0 Å². The highest BCUT2D eigenvalue weighted by Crippen LogP contribution is 2.22. The summed E-state index contributed by atoms with van der Waals surface area (Å²) in [7, 11) is 1.59. The minimum absolute atomic E-state index is 0.0279. The van der Waals surface area contributed by atoms with Gasteiger partial charge in [0.2, 0.25) is 0 Å². The van der Waals surface area contributed by atoms with Gasteiger partial charge in [-0.05, 0) is 54.3 Å². The number of pyridine rings is 2. The molecule has 0 N–H and O–H groups in total. The van der Waals surface area contributed by atoms with Gasteiger partial charge in [-0.2, -0.15) is 0 Å². The zero-order chi connectivity index (χ0) is 19.3. The zero-order valence-corrected chi connectivity index (χ0v) is 15.6. The molecule has 1 amide bonds. The van der Waals surface area contributed by atoms with E-state index in [1.54, 1.807) is 37.7 Å². The summed E-state index contributed by atoms with van der Waals surface area (Å²) in [5, 5.41) is 0. The number of benzene rings is 1. The summed E-state index contributed by atoms with van der Waals surface area (Å²) in [6, 6.07) is 14.9. The summed E-state index contributed by atoms with van der Waals surface area (Å²) in [6.45, 7) is 1.20. The van der Waals surface area contributed by atoms with Gasteiger partial charge in [0, 0.05) is 24.5 Å². The number of methoxy groups -OCH3 is 1. The van der Waals surface area contributed by atoms with Crippen LogP contribution in [0, 0.1) is 11.8 Å². The Balaban J connectivity index is 1.60. The lowest BCUT2D eigenvalue weighted by atomic mass is 10.0. The number of fused-ring (bicyclic) bond motifs is 1. The maximum Gasteiger partial charge on any atom is 0.254 e. The Labute approximate surface area is 164 Å². The molecule has 4 rings (SSSR count). The average molecular weight is 369 g/mol. The van der Waals surface area contributed by atoms with Crippen molar-refractivity contribution < 1.29 is 9.53 Å². The van der Waals surface area contributed by atoms with Crippen LogP contribution in [0.5, 0.6) is 5.75 Å². The molecular formula is C23H19N3O2. The van der Waals surface area contributed by atoms with Crippen molar-refractivity contribution in [2.45, 2.75) is 13.0 Å². The first kappa shape index (κ1) is 17.7. The molecule has 0 fully saturated rings. The number of ether oxygens (including phenoxy) is 1. The van der Waals surface area contributed by atoms with Gasteiger partial charge in [-0.15, -0.1) is 0 Å². The van der Waals surface area contributed by atoms with Gasteiger partial charge >= 0.3 is 0 Å². The van der Waals surface area contributed by atoms with Crippen molar-refractivity contribution in [3.63, 3.8) is 0 Å². The van der Waals surface area contributed by atoms with Crippen molar-refractivity contribution in [3.05, 3.63) is 89.0 Å². The molecule has 3 heterocycles. The fourth-order valence-corrected chi connectivity index (χ4v) is 3.22. The number of hydrogen-bond acceptors (Lipinski definition) is 4. The van der Waals surface area contributed by atoms with Gasteiger partial charge in [0.1, 0.15) is 11.4 Å². The fourth-order valence-electron chi connectivity index (χ4n) is 3.22. The Morgan fingerprint density at radius 1 is 1.07 bits per heavy atom. The van der Waals surface area contributed by atoms with E-state index in [2.05, 4.69) is 27.9 Å². The van der Waals surface area contributed by atoms with Crippen LogP contribution in [0.15, 0.2) is 60.9 Å². The first-order valence-electron chi connectivity index (χ1n) is 9.08. The minimum atomic E-state index is -0.0279. The third-order valence-corrected chi connectivity index (χ3v) is 4.70. The zero-order valence-electron chi connectivity index (χ0n) is 15.6. The SMILES string of the molecule is COc1ccc(C(=O)N2CCc3cccnc3C2)cc1C#Cc1ccccn1. The number of carbonyl (C=O) groups excluding carboxylic acids is 1. The van der Waals surface area contributed by atoms with E-state index in [-0.39, 0.29) is 5.91 Å². The molecule has 0 radical (unpaired) electrons. The van der Waals surface area contributed by atoms with E-state index < -0.39 is 0 Å². The predicted octanol–water partition coefficient (Wildman–Crippen LogP) is 3.08. The third-order valence-electron chi connectivity index (χ3n) is 4.70. The molecule has 1 aromatic carbocycles. The van der Waals surface area contributed by atoms with Gasteiger partial charge in [-0.25, -0.2) is 4.98 Å². The lowest BCUT2D eigenvalue weighted by Crippen LogP contribution is -2.36. The Hall–Kier alpha value is -3.65. The summed E-state index contributed by atoms with van der Waals surface area (Å²) in [5.74, 6) is 6.69. The minimum Gasteiger partial charge on any atom is -0.495 e. The van der Waals surface area contributed by atoms with Crippen molar-refractivity contribution in [2.24, 2.45) is 0 Å². The molecule has 0 atom stereocenters. The molecule has 0 spiro atoms. The first-order valence-corrected chi connectivity index (χ1v) is 9.08. The molecule has 0 unspecified atom stereocenters. The van der Waals surface area contributed by atoms with Crippen LogP contribution in [0.1, 0.15) is 32.9 Å². The van der Waals surface area contributed by atoms with Crippen molar-refractivity contribution in [3.8, 4) is 17.6 Å². The van der Waals surface area contributed by atoms with Gasteiger partial charge in [-0.3, -0.25) is 9.78 Å². The Bertz CT molecular complexity index is 1070. The highest BCUT2D eigenvalue weighted by atomic mass is 16.5. The maximum atomic E-state index is 13.0. The quantitative estimate of drug-likeness (QED) is 0.652. The molecule has 1 aliphatic heterocycles. The van der Waals surface area contributed by atoms with Crippen molar-refractivity contribution >= 4 is 5.91 Å². The van der Waals surface area contributed by atoms with E-state index in [9.17, 15) is 4.79 Å². The third kappa shape index (κ3) is 3.72. The predicted molar refractivity (Wildman–Crippen MR) is 106 cm³/mol. The highest BCUT2D eigenvalue weighted by molar-refractivity contribution is 5.95. The smallest absolute Gasteiger partial charge is 0.254 e. The van der Waals surface area contributed by atoms with Crippen LogP contribution in [0.25, 0.3) is 0 Å². The summed E-state index contributed by atoms with van der Waals surface area (Å²) in [5.41, 5.74) is 4.09. The molecule has 3 aromatic rings. The van der Waals surface area contributed by atoms with Crippen LogP contribution in [-0.4, -0.2) is 34.4 Å². The van der Waals surface area contributed by atoms with Crippen LogP contribution < -0.4 is 4.74 Å². The second kappa shape index (κ2) is 7.93. The highest BCUT2D eigenvalue weighted by Gasteiger charge is 2.23. The van der Waals surface area contributed by atoms with E-state index >= 15 is 0 Å². The summed E-state index contributed by atoms with van der Waals surface area (Å²) in [4.78, 5) is 23.5. The van der Waals surface area contributed by atoms with Gasteiger partial charge < -0.3 is 9.64 Å². The van der Waals surface area contributed by atoms with Crippen LogP contribution in [0.2, 0.25) is 0 Å². The maximum absolute atomic E-state index is 13.0. The van der Waals surface area contributed by atoms with Crippen LogP contribution in [0.3, 0.4) is 0 Å². The second-order valence-electron chi connectivity index (χ2n) is 6.47. The molecular weight excluding hydrogens is 350 g/mol. The van der Waals surface area contributed by atoms with Gasteiger partial charge in [-0.1, -0.05) is 18.1 Å². The summed E-state index contributed by atoms with van der Waals surface area (Å²) < 4.78 is 5.40. The van der Waals surface area contributed by atoms with E-state index in [1.165, 1.54) is 5.56 Å². The molecule has 0 aliphatic carbocycles. The lowest BCUT2D eigenvalue weighted by molar-refractivity contribution is 0.0732. The molecule has 0 saturated carbocycles. The molecule has 0 saturated heterocycles. The van der Waals surface area contributed by atoms with E-state index in [0.29, 0.717) is 35.7 Å². The molecule has 1 aliphatic rings. The van der Waals surface area contributed by atoms with Crippen molar-refractivity contribution in [2.75, 3.05) is 13.7 Å². The topological polar surface area (TPSA) is 55.3 Å². The monoisotopic (exact) mass is 369 g/mol. The lowest BCUT2D eigenvalue weighted by Gasteiger charge is -2.28. The standard InChI is InChI=1S/C23H19N3O2/c1-28-22-10-8-19(15-18(22)7-9-20-6-2-3-12-24-20)23(27)26-14-11-17-5-4-13-25-21(17)16-26/h2-6,8,10,12-13,15H,11,14,16H2,1H3. The molecule has 28 heavy (non-hydrogen) atoms. The average Bonchev–Trinajstić information content (AvgIpc) is 2.77. The van der Waals surface area contributed by atoms with Crippen LogP contribution in [-0.2, 0) is 13.0 Å². The Kier molecular flexibility index (Phi) is 5.03. The number of nitrogens with zero attached hydrogens (tertiary/aromatic N) is 3. The van der Waals surface area contributed by atoms with Gasteiger partial charge in [0.05, 0.1) is 24.9 Å². The Morgan fingerprint density at radius 3 is 2.79 bits per heavy atom. The molecule has 2 aromatic heterocycles. The first-order chi connectivity index (χ1) is 13.7. The van der Waals surface area contributed by atoms with Gasteiger partial charge in [0.25, 0.3) is 5.91 Å². The largest absolute Gasteiger partial charge is 0.495 e. The second-order valence-corrected chi connectivity index (χ2v) is 6.47. The molecule has 0 bridgehead atoms. The Morgan fingerprint density at radius 2 is 1.96 bits per heavy atom. The summed E-state index contributed by atoms with van der Waals surface area (Å²) >= 11 is 0. The fraction of sp³-hybridized carbons (Fsp3) is 0.174. The molecule has 138 valence electrons. The van der Waals surface area contributed by atoms with Crippen molar-refractivity contribution in [1.82, 2.24) is 14.9 Å². The molecule has 5 nitrogen and oxygen atoms in total. The van der Waals surface area contributed by atoms with Crippen LogP contribution >= 0.6 is 0 Å². The normalized spacial score (nSPS) is 12.5. The number of rotatable bonds is 2. The molecule has 5 heteroatoms.